The molecule has 0 spiro atoms. The van der Waals surface area contributed by atoms with Crippen molar-refractivity contribution in [1.29, 1.82) is 0 Å². The van der Waals surface area contributed by atoms with Gasteiger partial charge in [-0.05, 0) is 31.1 Å². The van der Waals surface area contributed by atoms with Gasteiger partial charge in [0.1, 0.15) is 12.4 Å². The van der Waals surface area contributed by atoms with Gasteiger partial charge in [-0.3, -0.25) is 0 Å². The molecule has 98 valence electrons. The molecule has 0 saturated carbocycles. The minimum Gasteiger partial charge on any atom is -0.497 e. The highest BCUT2D eigenvalue weighted by Crippen LogP contribution is 2.29. The zero-order chi connectivity index (χ0) is 13.0. The molecule has 0 aromatic rings. The predicted molar refractivity (Wildman–Crippen MR) is 71.3 cm³/mol. The largest absolute Gasteiger partial charge is 0.497 e. The second-order valence-corrected chi connectivity index (χ2v) is 4.19. The molecule has 0 radical (unpaired) electrons. The summed E-state index contributed by atoms with van der Waals surface area (Å²) in [6, 6.07) is 0. The molecule has 1 aliphatic carbocycles. The highest BCUT2D eigenvalue weighted by atomic mass is 16.5. The molecule has 2 N–H and O–H groups in total. The van der Waals surface area contributed by atoms with Crippen molar-refractivity contribution in [3.8, 4) is 0 Å². The third-order valence-corrected chi connectivity index (χ3v) is 3.18. The third-order valence-electron chi connectivity index (χ3n) is 3.18. The molecule has 1 saturated heterocycles. The van der Waals surface area contributed by atoms with Gasteiger partial charge in [0.05, 0.1) is 19.4 Å². The molecule has 0 unspecified atom stereocenters. The Kier molecular flexibility index (Phi) is 3.97. The van der Waals surface area contributed by atoms with Crippen molar-refractivity contribution in [3.63, 3.8) is 0 Å². The van der Waals surface area contributed by atoms with E-state index in [9.17, 15) is 0 Å². The Morgan fingerprint density at radius 2 is 2.39 bits per heavy atom. The van der Waals surface area contributed by atoms with E-state index in [1.54, 1.807) is 13.3 Å². The topological polar surface area (TPSA) is 47.7 Å². The van der Waals surface area contributed by atoms with Crippen LogP contribution in [0.3, 0.4) is 0 Å². The van der Waals surface area contributed by atoms with Crippen LogP contribution in [0.1, 0.15) is 13.3 Å². The Hall–Kier alpha value is -1.84. The van der Waals surface area contributed by atoms with Gasteiger partial charge in [-0.2, -0.15) is 0 Å². The van der Waals surface area contributed by atoms with Crippen molar-refractivity contribution >= 4 is 0 Å². The SMILES string of the molecule is CCN1CCOC(=C/N)/C1=C1/C=C(OC)C=CC1. The monoisotopic (exact) mass is 248 g/mol. The van der Waals surface area contributed by atoms with E-state index in [2.05, 4.69) is 24.0 Å². The number of morpholine rings is 1. The maximum Gasteiger partial charge on any atom is 0.158 e. The van der Waals surface area contributed by atoms with E-state index in [-0.39, 0.29) is 0 Å². The molecule has 0 bridgehead atoms. The van der Waals surface area contributed by atoms with Crippen molar-refractivity contribution in [2.24, 2.45) is 5.73 Å². The highest BCUT2D eigenvalue weighted by Gasteiger charge is 2.23. The van der Waals surface area contributed by atoms with Crippen LogP contribution in [0.25, 0.3) is 0 Å². The minimum atomic E-state index is 0.685. The zero-order valence-corrected chi connectivity index (χ0v) is 11.0. The molecule has 0 amide bonds. The molecule has 0 aromatic carbocycles. The van der Waals surface area contributed by atoms with E-state index in [0.29, 0.717) is 6.61 Å². The zero-order valence-electron chi connectivity index (χ0n) is 11.0. The van der Waals surface area contributed by atoms with E-state index in [4.69, 9.17) is 15.2 Å². The Bertz CT molecular complexity index is 433. The maximum absolute atomic E-state index is 5.67. The van der Waals surface area contributed by atoms with E-state index < -0.39 is 0 Å². The van der Waals surface area contributed by atoms with Crippen LogP contribution >= 0.6 is 0 Å². The molecule has 0 atom stereocenters. The van der Waals surface area contributed by atoms with Gasteiger partial charge in [0, 0.05) is 12.7 Å². The molecule has 1 fully saturated rings. The first-order valence-corrected chi connectivity index (χ1v) is 6.25. The normalized spacial score (nSPS) is 26.0. The van der Waals surface area contributed by atoms with E-state index in [1.807, 2.05) is 6.08 Å². The van der Waals surface area contributed by atoms with Gasteiger partial charge in [-0.25, -0.2) is 0 Å². The number of nitrogens with zero attached hydrogens (tertiary/aromatic N) is 1. The van der Waals surface area contributed by atoms with Gasteiger partial charge in [-0.1, -0.05) is 6.08 Å². The molecule has 1 heterocycles. The van der Waals surface area contributed by atoms with Crippen molar-refractivity contribution in [2.75, 3.05) is 26.8 Å². The molecule has 2 aliphatic rings. The van der Waals surface area contributed by atoms with Gasteiger partial charge >= 0.3 is 0 Å². The highest BCUT2D eigenvalue weighted by molar-refractivity contribution is 5.43. The number of hydrogen-bond acceptors (Lipinski definition) is 4. The first-order chi connectivity index (χ1) is 8.80. The molecular weight excluding hydrogens is 228 g/mol. The Morgan fingerprint density at radius 3 is 3.06 bits per heavy atom. The summed E-state index contributed by atoms with van der Waals surface area (Å²) in [7, 11) is 1.68. The molecule has 4 heteroatoms. The third kappa shape index (κ3) is 2.37. The van der Waals surface area contributed by atoms with Crippen LogP contribution < -0.4 is 5.73 Å². The number of methoxy groups -OCH3 is 1. The van der Waals surface area contributed by atoms with Crippen molar-refractivity contribution in [1.82, 2.24) is 4.90 Å². The van der Waals surface area contributed by atoms with Gasteiger partial charge in [0.2, 0.25) is 0 Å². The number of rotatable bonds is 2. The number of likely N-dealkylation sites (N-methyl/N-ethyl adjacent to an activating group) is 1. The van der Waals surface area contributed by atoms with Crippen LogP contribution in [0.4, 0.5) is 0 Å². The van der Waals surface area contributed by atoms with E-state index in [0.717, 1.165) is 36.7 Å². The van der Waals surface area contributed by atoms with Crippen LogP contribution in [0.5, 0.6) is 0 Å². The van der Waals surface area contributed by atoms with Gasteiger partial charge in [0.15, 0.2) is 5.76 Å². The average molecular weight is 248 g/mol. The average Bonchev–Trinajstić information content (AvgIpc) is 2.46. The summed E-state index contributed by atoms with van der Waals surface area (Å²) in [5.41, 5.74) is 7.94. The quantitative estimate of drug-likeness (QED) is 0.810. The van der Waals surface area contributed by atoms with Gasteiger partial charge in [-0.15, -0.1) is 0 Å². The fourth-order valence-corrected chi connectivity index (χ4v) is 2.28. The Labute approximate surface area is 108 Å². The van der Waals surface area contributed by atoms with Crippen LogP contribution in [0.15, 0.2) is 47.2 Å². The first kappa shape index (κ1) is 12.6. The molecule has 0 aromatic heterocycles. The van der Waals surface area contributed by atoms with Gasteiger partial charge in [0.25, 0.3) is 0 Å². The summed E-state index contributed by atoms with van der Waals surface area (Å²) in [5.74, 6) is 1.63. The van der Waals surface area contributed by atoms with Crippen LogP contribution in [0, 0.1) is 0 Å². The summed E-state index contributed by atoms with van der Waals surface area (Å²) in [6.07, 6.45) is 8.55. The summed E-state index contributed by atoms with van der Waals surface area (Å²) in [6.45, 7) is 4.66. The fraction of sp³-hybridized carbons (Fsp3) is 0.429. The number of ether oxygens (including phenoxy) is 2. The molecule has 4 nitrogen and oxygen atoms in total. The fourth-order valence-electron chi connectivity index (χ4n) is 2.28. The predicted octanol–water partition coefficient (Wildman–Crippen LogP) is 1.88. The minimum absolute atomic E-state index is 0.685. The standard InChI is InChI=1S/C14H20N2O2/c1-3-16-7-8-18-13(10-15)14(16)11-5-4-6-12(9-11)17-2/h4,6,9-10H,3,5,7-8,15H2,1-2H3/b13-10+,14-11-. The summed E-state index contributed by atoms with van der Waals surface area (Å²) >= 11 is 0. The lowest BCUT2D eigenvalue weighted by Crippen LogP contribution is -2.34. The molecule has 18 heavy (non-hydrogen) atoms. The first-order valence-electron chi connectivity index (χ1n) is 6.25. The smallest absolute Gasteiger partial charge is 0.158 e. The Morgan fingerprint density at radius 1 is 1.56 bits per heavy atom. The molecule has 2 rings (SSSR count). The maximum atomic E-state index is 5.67. The summed E-state index contributed by atoms with van der Waals surface area (Å²) in [5, 5.41) is 0. The van der Waals surface area contributed by atoms with Crippen molar-refractivity contribution in [2.45, 2.75) is 13.3 Å². The van der Waals surface area contributed by atoms with E-state index >= 15 is 0 Å². The van der Waals surface area contributed by atoms with Crippen LogP contribution in [-0.2, 0) is 9.47 Å². The molecule has 1 aliphatic heterocycles. The van der Waals surface area contributed by atoms with E-state index in [1.165, 1.54) is 5.57 Å². The van der Waals surface area contributed by atoms with Gasteiger partial charge < -0.3 is 20.1 Å². The number of hydrogen-bond donors (Lipinski definition) is 1. The Balaban J connectivity index is 2.42. The number of allylic oxidation sites excluding steroid dienone is 4. The van der Waals surface area contributed by atoms with Crippen molar-refractivity contribution in [3.05, 3.63) is 47.2 Å². The lowest BCUT2D eigenvalue weighted by atomic mass is 10.0. The van der Waals surface area contributed by atoms with Crippen LogP contribution in [-0.4, -0.2) is 31.7 Å². The summed E-state index contributed by atoms with van der Waals surface area (Å²) in [4.78, 5) is 2.29. The molecular formula is C14H20N2O2. The lowest BCUT2D eigenvalue weighted by molar-refractivity contribution is 0.129. The number of nitrogens with two attached hydrogens (primary N) is 1. The lowest BCUT2D eigenvalue weighted by Gasteiger charge is -2.34. The summed E-state index contributed by atoms with van der Waals surface area (Å²) < 4.78 is 10.9. The second-order valence-electron chi connectivity index (χ2n) is 4.19. The second kappa shape index (κ2) is 5.67. The van der Waals surface area contributed by atoms with Crippen LogP contribution in [0.2, 0.25) is 0 Å². The van der Waals surface area contributed by atoms with Crippen molar-refractivity contribution < 1.29 is 9.47 Å².